The van der Waals surface area contributed by atoms with Gasteiger partial charge in [0.2, 0.25) is 5.91 Å². The molecule has 9 nitrogen and oxygen atoms in total. The summed E-state index contributed by atoms with van der Waals surface area (Å²) >= 11 is 3.73. The van der Waals surface area contributed by atoms with E-state index in [1.807, 2.05) is 0 Å². The Hall–Kier alpha value is -2.75. The molecule has 1 heterocycles. The number of benzene rings is 1. The maximum atomic E-state index is 11.2. The van der Waals surface area contributed by atoms with Gasteiger partial charge in [0, 0.05) is 18.4 Å². The van der Waals surface area contributed by atoms with E-state index >= 15 is 0 Å². The van der Waals surface area contributed by atoms with Crippen molar-refractivity contribution in [3.05, 3.63) is 38.9 Å². The number of H-pyrrole nitrogens is 2. The van der Waals surface area contributed by atoms with Crippen molar-refractivity contribution in [3.63, 3.8) is 0 Å². The fraction of sp³-hybridized carbons (Fsp3) is 0.231. The lowest BCUT2D eigenvalue weighted by atomic mass is 10.2. The standard InChI is InChI=1S/C8H7N3O2.C5H9NO3S/c9-5-3-1-2-4-6(5)8(13)11-10-7(4)12;1-3(7)6-4(2-10)5(8)9/h1-3H,9H2,(H,10,12)(H,11,13);4,10H,2H2,1H3,(H,6,7)(H,8,9)/t;4-/m.0/s1. The number of aromatic nitrogens is 2. The smallest absolute Gasteiger partial charge is 0.327 e. The van der Waals surface area contributed by atoms with E-state index in [1.54, 1.807) is 18.2 Å². The highest BCUT2D eigenvalue weighted by Gasteiger charge is 2.15. The van der Waals surface area contributed by atoms with E-state index in [4.69, 9.17) is 10.8 Å². The summed E-state index contributed by atoms with van der Waals surface area (Å²) in [5.41, 5.74) is 5.14. The first kappa shape index (κ1) is 18.3. The Balaban J connectivity index is 0.000000241. The predicted octanol–water partition coefficient (Wildman–Crippen LogP) is -0.696. The maximum Gasteiger partial charge on any atom is 0.327 e. The van der Waals surface area contributed by atoms with Crippen LogP contribution in [0, 0.1) is 0 Å². The molecule has 1 amide bonds. The molecule has 0 spiro atoms. The Kier molecular flexibility index (Phi) is 6.39. The van der Waals surface area contributed by atoms with Crippen LogP contribution >= 0.6 is 12.6 Å². The van der Waals surface area contributed by atoms with Gasteiger partial charge in [0.15, 0.2) is 0 Å². The van der Waals surface area contributed by atoms with Crippen LogP contribution in [0.1, 0.15) is 6.92 Å². The first-order valence-corrected chi connectivity index (χ1v) is 7.01. The van der Waals surface area contributed by atoms with E-state index < -0.39 is 12.0 Å². The average molecular weight is 340 g/mol. The number of nitrogens with two attached hydrogens (primary N) is 1. The van der Waals surface area contributed by atoms with Gasteiger partial charge in [-0.25, -0.2) is 4.79 Å². The number of nitrogens with one attached hydrogen (secondary N) is 3. The molecule has 1 aromatic carbocycles. The fourth-order valence-electron chi connectivity index (χ4n) is 1.69. The summed E-state index contributed by atoms with van der Waals surface area (Å²) in [5, 5.41) is 15.6. The number of carboxylic acid groups (broad SMARTS) is 1. The molecule has 1 aromatic heterocycles. The van der Waals surface area contributed by atoms with E-state index in [1.165, 1.54) is 6.92 Å². The zero-order valence-electron chi connectivity index (χ0n) is 12.1. The number of carbonyl (C=O) groups is 2. The second-order valence-corrected chi connectivity index (χ2v) is 4.82. The van der Waals surface area contributed by atoms with Crippen LogP contribution in [-0.4, -0.2) is 39.0 Å². The summed E-state index contributed by atoms with van der Waals surface area (Å²) in [6.07, 6.45) is 0. The summed E-state index contributed by atoms with van der Waals surface area (Å²) in [4.78, 5) is 43.0. The van der Waals surface area contributed by atoms with Crippen LogP contribution in [0.3, 0.4) is 0 Å². The second-order valence-electron chi connectivity index (χ2n) is 4.45. The fourth-order valence-corrected chi connectivity index (χ4v) is 1.93. The number of hydrogen-bond donors (Lipinski definition) is 6. The highest BCUT2D eigenvalue weighted by atomic mass is 32.1. The number of fused-ring (bicyclic) bond motifs is 1. The van der Waals surface area contributed by atoms with Crippen molar-refractivity contribution in [2.24, 2.45) is 0 Å². The number of anilines is 1. The summed E-state index contributed by atoms with van der Waals surface area (Å²) in [7, 11) is 0. The van der Waals surface area contributed by atoms with Gasteiger partial charge >= 0.3 is 5.97 Å². The van der Waals surface area contributed by atoms with Crippen LogP contribution in [0.25, 0.3) is 10.8 Å². The monoisotopic (exact) mass is 340 g/mol. The van der Waals surface area contributed by atoms with Gasteiger partial charge in [-0.3, -0.25) is 24.6 Å². The molecular formula is C13H16N4O5S. The number of nitrogen functional groups attached to an aromatic ring is 1. The molecule has 10 heteroatoms. The van der Waals surface area contributed by atoms with Gasteiger partial charge in [-0.15, -0.1) is 0 Å². The Morgan fingerprint density at radius 2 is 1.91 bits per heavy atom. The SMILES string of the molecule is CC(=O)N[C@@H](CS)C(=O)O.Nc1cccc2c(=O)[nH][nH]c(=O)c12. The van der Waals surface area contributed by atoms with Gasteiger partial charge in [0.05, 0.1) is 10.8 Å². The lowest BCUT2D eigenvalue weighted by molar-refractivity contribution is -0.140. The van der Waals surface area contributed by atoms with Gasteiger partial charge in [-0.2, -0.15) is 12.6 Å². The average Bonchev–Trinajstić information content (AvgIpc) is 2.49. The molecule has 23 heavy (non-hydrogen) atoms. The third kappa shape index (κ3) is 4.88. The molecule has 0 radical (unpaired) electrons. The van der Waals surface area contributed by atoms with Crippen LogP contribution in [0.15, 0.2) is 27.8 Å². The van der Waals surface area contributed by atoms with Crippen molar-refractivity contribution < 1.29 is 14.7 Å². The van der Waals surface area contributed by atoms with Gasteiger partial charge < -0.3 is 16.2 Å². The molecule has 0 aliphatic carbocycles. The number of thiol groups is 1. The van der Waals surface area contributed by atoms with Crippen LogP contribution in [-0.2, 0) is 9.59 Å². The topological polar surface area (TPSA) is 158 Å². The molecule has 0 aliphatic rings. The van der Waals surface area contributed by atoms with E-state index in [-0.39, 0.29) is 28.2 Å². The van der Waals surface area contributed by atoms with Gasteiger partial charge in [-0.05, 0) is 12.1 Å². The molecule has 6 N–H and O–H groups in total. The highest BCUT2D eigenvalue weighted by molar-refractivity contribution is 7.80. The van der Waals surface area contributed by atoms with Gasteiger partial charge in [0.1, 0.15) is 6.04 Å². The van der Waals surface area contributed by atoms with Crippen LogP contribution < -0.4 is 22.2 Å². The number of aliphatic carboxylic acids is 1. The molecule has 2 rings (SSSR count). The number of aromatic amines is 2. The minimum absolute atomic E-state index is 0.106. The Morgan fingerprint density at radius 1 is 1.30 bits per heavy atom. The predicted molar refractivity (Wildman–Crippen MR) is 88.7 cm³/mol. The quantitative estimate of drug-likeness (QED) is 0.320. The molecule has 0 bridgehead atoms. The first-order chi connectivity index (χ1) is 10.8. The summed E-state index contributed by atoms with van der Waals surface area (Å²) in [6, 6.07) is 3.89. The molecule has 124 valence electrons. The van der Waals surface area contributed by atoms with Crippen molar-refractivity contribution in [2.75, 3.05) is 11.5 Å². The van der Waals surface area contributed by atoms with Crippen molar-refractivity contribution in [1.82, 2.24) is 15.5 Å². The first-order valence-electron chi connectivity index (χ1n) is 6.37. The molecule has 0 fully saturated rings. The van der Waals surface area contributed by atoms with Gasteiger partial charge in [0.25, 0.3) is 11.1 Å². The molecule has 1 atom stereocenters. The number of carbonyl (C=O) groups excluding carboxylic acids is 1. The highest BCUT2D eigenvalue weighted by Crippen LogP contribution is 2.11. The maximum absolute atomic E-state index is 11.2. The van der Waals surface area contributed by atoms with E-state index in [0.717, 1.165) is 0 Å². The normalized spacial score (nSPS) is 11.2. The number of amides is 1. The van der Waals surface area contributed by atoms with E-state index in [9.17, 15) is 19.2 Å². The van der Waals surface area contributed by atoms with Crippen molar-refractivity contribution in [2.45, 2.75) is 13.0 Å². The zero-order valence-corrected chi connectivity index (χ0v) is 13.0. The van der Waals surface area contributed by atoms with E-state index in [2.05, 4.69) is 28.1 Å². The Bertz CT molecular complexity index is 829. The zero-order chi connectivity index (χ0) is 17.6. The summed E-state index contributed by atoms with van der Waals surface area (Å²) < 4.78 is 0. The largest absolute Gasteiger partial charge is 0.480 e. The summed E-state index contributed by atoms with van der Waals surface area (Å²) in [6.45, 7) is 1.26. The second kappa shape index (κ2) is 8.03. The Labute approximate surface area is 135 Å². The number of carboxylic acids is 1. The minimum atomic E-state index is -1.06. The molecule has 2 aromatic rings. The van der Waals surface area contributed by atoms with Gasteiger partial charge in [-0.1, -0.05) is 6.07 Å². The Morgan fingerprint density at radius 3 is 2.35 bits per heavy atom. The van der Waals surface area contributed by atoms with Crippen molar-refractivity contribution in [1.29, 1.82) is 0 Å². The van der Waals surface area contributed by atoms with Crippen LogP contribution in [0.5, 0.6) is 0 Å². The van der Waals surface area contributed by atoms with Crippen molar-refractivity contribution >= 4 is 41.0 Å². The lowest BCUT2D eigenvalue weighted by Gasteiger charge is -2.08. The summed E-state index contributed by atoms with van der Waals surface area (Å²) in [5.74, 6) is -1.32. The molecule has 0 unspecified atom stereocenters. The van der Waals surface area contributed by atoms with Crippen molar-refractivity contribution in [3.8, 4) is 0 Å². The van der Waals surface area contributed by atoms with E-state index in [0.29, 0.717) is 11.1 Å². The molecule has 0 saturated carbocycles. The van der Waals surface area contributed by atoms with Crippen LogP contribution in [0.4, 0.5) is 5.69 Å². The molecule has 0 aliphatic heterocycles. The molecular weight excluding hydrogens is 324 g/mol. The number of rotatable bonds is 3. The lowest BCUT2D eigenvalue weighted by Crippen LogP contribution is -2.40. The third-order valence-electron chi connectivity index (χ3n) is 2.72. The third-order valence-corrected chi connectivity index (χ3v) is 3.08. The molecule has 0 saturated heterocycles. The van der Waals surface area contributed by atoms with Crippen LogP contribution in [0.2, 0.25) is 0 Å². The number of hydrogen-bond acceptors (Lipinski definition) is 6. The minimum Gasteiger partial charge on any atom is -0.480 e.